The van der Waals surface area contributed by atoms with Crippen molar-refractivity contribution in [2.24, 2.45) is 0 Å². The maximum Gasteiger partial charge on any atom is 0.123 e. The SMILES string of the molecule is Cc1cc(-c2ccc(F)cc2)n(CC(O)COCc2ccccc2)n1. The van der Waals surface area contributed by atoms with Gasteiger partial charge in [0.15, 0.2) is 0 Å². The van der Waals surface area contributed by atoms with Crippen molar-refractivity contribution >= 4 is 0 Å². The van der Waals surface area contributed by atoms with Gasteiger partial charge >= 0.3 is 0 Å². The molecule has 0 aliphatic rings. The highest BCUT2D eigenvalue weighted by Gasteiger charge is 2.13. The quantitative estimate of drug-likeness (QED) is 0.715. The summed E-state index contributed by atoms with van der Waals surface area (Å²) in [6, 6.07) is 18.0. The molecule has 0 fully saturated rings. The van der Waals surface area contributed by atoms with E-state index in [1.807, 2.05) is 43.3 Å². The number of rotatable bonds is 7. The molecule has 0 aliphatic heterocycles. The normalized spacial score (nSPS) is 12.3. The molecule has 0 bridgehead atoms. The maximum absolute atomic E-state index is 13.1. The summed E-state index contributed by atoms with van der Waals surface area (Å²) < 4.78 is 20.4. The second-order valence-corrected chi connectivity index (χ2v) is 6.01. The lowest BCUT2D eigenvalue weighted by Gasteiger charge is -2.14. The molecule has 0 amide bonds. The lowest BCUT2D eigenvalue weighted by atomic mass is 10.1. The van der Waals surface area contributed by atoms with Gasteiger partial charge in [-0.2, -0.15) is 5.10 Å². The van der Waals surface area contributed by atoms with Crippen LogP contribution >= 0.6 is 0 Å². The minimum absolute atomic E-state index is 0.219. The smallest absolute Gasteiger partial charge is 0.123 e. The predicted molar refractivity (Wildman–Crippen MR) is 94.5 cm³/mol. The molecular formula is C20H21FN2O2. The highest BCUT2D eigenvalue weighted by atomic mass is 19.1. The fourth-order valence-corrected chi connectivity index (χ4v) is 2.68. The molecule has 0 saturated carbocycles. The second-order valence-electron chi connectivity index (χ2n) is 6.01. The Balaban J connectivity index is 1.61. The number of aliphatic hydroxyl groups is 1. The molecule has 130 valence electrons. The highest BCUT2D eigenvalue weighted by molar-refractivity contribution is 5.59. The van der Waals surface area contributed by atoms with E-state index < -0.39 is 6.10 Å². The van der Waals surface area contributed by atoms with Gasteiger partial charge in [-0.05, 0) is 48.4 Å². The topological polar surface area (TPSA) is 47.3 Å². The van der Waals surface area contributed by atoms with Gasteiger partial charge in [-0.25, -0.2) is 4.39 Å². The summed E-state index contributed by atoms with van der Waals surface area (Å²) in [6.07, 6.45) is -0.679. The van der Waals surface area contributed by atoms with Crippen LogP contribution in [0.1, 0.15) is 11.3 Å². The van der Waals surface area contributed by atoms with E-state index in [9.17, 15) is 9.50 Å². The van der Waals surface area contributed by atoms with Gasteiger partial charge < -0.3 is 9.84 Å². The Bertz CT molecular complexity index is 800. The Morgan fingerprint density at radius 1 is 1.12 bits per heavy atom. The van der Waals surface area contributed by atoms with Crippen molar-refractivity contribution in [1.82, 2.24) is 9.78 Å². The molecule has 3 rings (SSSR count). The molecule has 2 aromatic carbocycles. The van der Waals surface area contributed by atoms with E-state index in [0.717, 1.165) is 22.5 Å². The molecule has 0 saturated heterocycles. The molecule has 5 heteroatoms. The summed E-state index contributed by atoms with van der Waals surface area (Å²) in [6.45, 7) is 2.88. The number of benzene rings is 2. The van der Waals surface area contributed by atoms with Gasteiger partial charge in [-0.15, -0.1) is 0 Å². The zero-order chi connectivity index (χ0) is 17.6. The molecule has 1 unspecified atom stereocenters. The molecule has 1 aromatic heterocycles. The minimum Gasteiger partial charge on any atom is -0.389 e. The lowest BCUT2D eigenvalue weighted by molar-refractivity contribution is 0.0189. The number of aliphatic hydroxyl groups excluding tert-OH is 1. The summed E-state index contributed by atoms with van der Waals surface area (Å²) in [5, 5.41) is 14.7. The van der Waals surface area contributed by atoms with Crippen LogP contribution in [0.5, 0.6) is 0 Å². The maximum atomic E-state index is 13.1. The van der Waals surface area contributed by atoms with Gasteiger partial charge in [0.1, 0.15) is 5.82 Å². The Hall–Kier alpha value is -2.50. The zero-order valence-corrected chi connectivity index (χ0v) is 14.1. The first-order valence-electron chi connectivity index (χ1n) is 8.22. The lowest BCUT2D eigenvalue weighted by Crippen LogP contribution is -2.23. The average Bonchev–Trinajstić information content (AvgIpc) is 2.97. The van der Waals surface area contributed by atoms with Crippen molar-refractivity contribution in [3.05, 3.63) is 77.7 Å². The number of hydrogen-bond donors (Lipinski definition) is 1. The third-order valence-corrected chi connectivity index (χ3v) is 3.85. The van der Waals surface area contributed by atoms with E-state index in [0.29, 0.717) is 13.2 Å². The van der Waals surface area contributed by atoms with E-state index in [1.165, 1.54) is 12.1 Å². The number of aromatic nitrogens is 2. The van der Waals surface area contributed by atoms with Crippen LogP contribution in [0.4, 0.5) is 4.39 Å². The third kappa shape index (κ3) is 4.75. The molecule has 3 aromatic rings. The van der Waals surface area contributed by atoms with Crippen LogP contribution in [0.15, 0.2) is 60.7 Å². The summed E-state index contributed by atoms with van der Waals surface area (Å²) in [5.74, 6) is -0.277. The molecule has 0 spiro atoms. The largest absolute Gasteiger partial charge is 0.389 e. The third-order valence-electron chi connectivity index (χ3n) is 3.85. The first-order chi connectivity index (χ1) is 12.1. The predicted octanol–water partition coefficient (Wildman–Crippen LogP) is 3.58. The molecule has 25 heavy (non-hydrogen) atoms. The molecular weight excluding hydrogens is 319 g/mol. The van der Waals surface area contributed by atoms with Crippen LogP contribution in [-0.2, 0) is 17.9 Å². The van der Waals surface area contributed by atoms with Gasteiger partial charge in [0.05, 0.1) is 37.3 Å². The van der Waals surface area contributed by atoms with E-state index in [-0.39, 0.29) is 12.4 Å². The molecule has 1 atom stereocenters. The van der Waals surface area contributed by atoms with Crippen LogP contribution in [0, 0.1) is 12.7 Å². The number of halogens is 1. The number of hydrogen-bond acceptors (Lipinski definition) is 3. The van der Waals surface area contributed by atoms with Gasteiger partial charge in [0, 0.05) is 0 Å². The summed E-state index contributed by atoms with van der Waals surface area (Å²) in [5.41, 5.74) is 3.62. The van der Waals surface area contributed by atoms with E-state index >= 15 is 0 Å². The minimum atomic E-state index is -0.679. The van der Waals surface area contributed by atoms with E-state index in [2.05, 4.69) is 5.10 Å². The molecule has 1 heterocycles. The Morgan fingerprint density at radius 2 is 1.84 bits per heavy atom. The van der Waals surface area contributed by atoms with Crippen LogP contribution in [0.25, 0.3) is 11.3 Å². The fraction of sp³-hybridized carbons (Fsp3) is 0.250. The summed E-state index contributed by atoms with van der Waals surface area (Å²) in [4.78, 5) is 0. The Labute approximate surface area is 146 Å². The number of ether oxygens (including phenoxy) is 1. The van der Waals surface area contributed by atoms with Gasteiger partial charge in [-0.1, -0.05) is 30.3 Å². The van der Waals surface area contributed by atoms with Crippen LogP contribution < -0.4 is 0 Å². The number of aryl methyl sites for hydroxylation is 1. The Morgan fingerprint density at radius 3 is 2.56 bits per heavy atom. The first kappa shape index (κ1) is 17.3. The van der Waals surface area contributed by atoms with Crippen molar-refractivity contribution < 1.29 is 14.2 Å². The van der Waals surface area contributed by atoms with Gasteiger partial charge in [-0.3, -0.25) is 4.68 Å². The monoisotopic (exact) mass is 340 g/mol. The van der Waals surface area contributed by atoms with Crippen molar-refractivity contribution in [2.75, 3.05) is 6.61 Å². The van der Waals surface area contributed by atoms with Crippen molar-refractivity contribution in [3.8, 4) is 11.3 Å². The second kappa shape index (κ2) is 8.05. The van der Waals surface area contributed by atoms with Crippen LogP contribution in [0.3, 0.4) is 0 Å². The molecule has 4 nitrogen and oxygen atoms in total. The van der Waals surface area contributed by atoms with E-state index in [1.54, 1.807) is 16.8 Å². The zero-order valence-electron chi connectivity index (χ0n) is 14.1. The van der Waals surface area contributed by atoms with Gasteiger partial charge in [0.25, 0.3) is 0 Å². The van der Waals surface area contributed by atoms with Gasteiger partial charge in [0.2, 0.25) is 0 Å². The van der Waals surface area contributed by atoms with Crippen molar-refractivity contribution in [1.29, 1.82) is 0 Å². The summed E-state index contributed by atoms with van der Waals surface area (Å²) in [7, 11) is 0. The molecule has 0 radical (unpaired) electrons. The molecule has 1 N–H and O–H groups in total. The fourth-order valence-electron chi connectivity index (χ4n) is 2.68. The highest BCUT2D eigenvalue weighted by Crippen LogP contribution is 2.21. The van der Waals surface area contributed by atoms with Crippen LogP contribution in [0.2, 0.25) is 0 Å². The summed E-state index contributed by atoms with van der Waals surface area (Å²) >= 11 is 0. The average molecular weight is 340 g/mol. The Kier molecular flexibility index (Phi) is 5.58. The van der Waals surface area contributed by atoms with Crippen molar-refractivity contribution in [2.45, 2.75) is 26.2 Å². The first-order valence-corrected chi connectivity index (χ1v) is 8.22. The van der Waals surface area contributed by atoms with Crippen molar-refractivity contribution in [3.63, 3.8) is 0 Å². The molecule has 0 aliphatic carbocycles. The van der Waals surface area contributed by atoms with E-state index in [4.69, 9.17) is 4.74 Å². The van der Waals surface area contributed by atoms with Crippen LogP contribution in [-0.4, -0.2) is 27.6 Å². The standard InChI is InChI=1S/C20H21FN2O2/c1-15-11-20(17-7-9-18(21)10-8-17)23(22-15)12-19(24)14-25-13-16-5-3-2-4-6-16/h2-11,19,24H,12-14H2,1H3. The number of nitrogens with zero attached hydrogens (tertiary/aromatic N) is 2.